The Kier molecular flexibility index (Phi) is 7.42. The molecule has 2 aromatic rings. The molecule has 32 heavy (non-hydrogen) atoms. The lowest BCUT2D eigenvalue weighted by molar-refractivity contribution is 0.0939. The van der Waals surface area contributed by atoms with Crippen molar-refractivity contribution in [2.75, 3.05) is 19.3 Å². The third-order valence-electron chi connectivity index (χ3n) is 5.81. The molecule has 0 saturated carbocycles. The summed E-state index contributed by atoms with van der Waals surface area (Å²) in [5.74, 6) is -0.380. The lowest BCUT2D eigenvalue weighted by atomic mass is 10.1. The van der Waals surface area contributed by atoms with E-state index in [0.29, 0.717) is 24.2 Å². The van der Waals surface area contributed by atoms with Crippen molar-refractivity contribution >= 4 is 25.8 Å². The maximum Gasteiger partial charge on any atom is 0.252 e. The van der Waals surface area contributed by atoms with E-state index in [9.17, 15) is 21.6 Å². The van der Waals surface area contributed by atoms with Gasteiger partial charge in [-0.05, 0) is 62.1 Å². The van der Waals surface area contributed by atoms with Crippen LogP contribution in [0.5, 0.6) is 0 Å². The van der Waals surface area contributed by atoms with E-state index in [-0.39, 0.29) is 21.7 Å². The van der Waals surface area contributed by atoms with Gasteiger partial charge in [-0.2, -0.15) is 4.31 Å². The summed E-state index contributed by atoms with van der Waals surface area (Å²) in [5, 5.41) is 2.88. The lowest BCUT2D eigenvalue weighted by Crippen LogP contribution is -2.32. The summed E-state index contributed by atoms with van der Waals surface area (Å²) in [4.78, 5) is 13.3. The van der Waals surface area contributed by atoms with Crippen LogP contribution in [0.15, 0.2) is 52.3 Å². The van der Waals surface area contributed by atoms with Crippen molar-refractivity contribution in [2.24, 2.45) is 0 Å². The van der Waals surface area contributed by atoms with Gasteiger partial charge in [-0.15, -0.1) is 0 Å². The second-order valence-electron chi connectivity index (χ2n) is 8.33. The molecule has 9 heteroatoms. The number of hydrogen-bond donors (Lipinski definition) is 1. The van der Waals surface area contributed by atoms with Gasteiger partial charge in [0.25, 0.3) is 5.91 Å². The molecule has 0 unspecified atom stereocenters. The molecule has 2 aromatic carbocycles. The van der Waals surface area contributed by atoms with Crippen LogP contribution in [0, 0.1) is 6.92 Å². The van der Waals surface area contributed by atoms with Gasteiger partial charge in [0, 0.05) is 24.9 Å². The molecular formula is C23H30N2O5S2. The van der Waals surface area contributed by atoms with E-state index in [1.54, 1.807) is 38.1 Å². The summed E-state index contributed by atoms with van der Waals surface area (Å²) in [5.41, 5.74) is 1.73. The molecule has 1 aliphatic rings. The fourth-order valence-electron chi connectivity index (χ4n) is 3.80. The van der Waals surface area contributed by atoms with E-state index in [4.69, 9.17) is 0 Å². The molecule has 3 rings (SSSR count). The van der Waals surface area contributed by atoms with Crippen LogP contribution >= 0.6 is 0 Å². The van der Waals surface area contributed by atoms with Gasteiger partial charge in [-0.25, -0.2) is 16.8 Å². The Balaban J connectivity index is 1.81. The van der Waals surface area contributed by atoms with Gasteiger partial charge >= 0.3 is 0 Å². The number of aryl methyl sites for hydroxylation is 1. The largest absolute Gasteiger partial charge is 0.346 e. The Morgan fingerprint density at radius 3 is 2.03 bits per heavy atom. The standard InChI is InChI=1S/C23H30N2O5S2/c1-17-8-11-21(32(29,30)25-14-6-4-5-7-15-25)16-22(17)23(26)24-18(2)19-9-12-20(13-10-19)31(3,27)28/h8-13,16,18H,4-7,14-15H2,1-3H3,(H,24,26)/t18-/m1/s1. The van der Waals surface area contributed by atoms with Crippen molar-refractivity contribution in [2.45, 2.75) is 55.4 Å². The van der Waals surface area contributed by atoms with E-state index in [2.05, 4.69) is 5.32 Å². The molecule has 0 aliphatic carbocycles. The van der Waals surface area contributed by atoms with Crippen LogP contribution in [-0.4, -0.2) is 46.4 Å². The molecule has 7 nitrogen and oxygen atoms in total. The van der Waals surface area contributed by atoms with E-state index in [0.717, 1.165) is 37.5 Å². The first-order valence-corrected chi connectivity index (χ1v) is 14.0. The lowest BCUT2D eigenvalue weighted by Gasteiger charge is -2.21. The fraction of sp³-hybridized carbons (Fsp3) is 0.435. The number of sulfonamides is 1. The molecule has 1 amide bonds. The van der Waals surface area contributed by atoms with E-state index in [1.807, 2.05) is 0 Å². The quantitative estimate of drug-likeness (QED) is 0.685. The Hall–Kier alpha value is -2.23. The van der Waals surface area contributed by atoms with Crippen LogP contribution < -0.4 is 5.32 Å². The normalized spacial score (nSPS) is 16.8. The number of hydrogen-bond acceptors (Lipinski definition) is 5. The predicted molar refractivity (Wildman–Crippen MR) is 124 cm³/mol. The van der Waals surface area contributed by atoms with Gasteiger partial charge in [0.1, 0.15) is 0 Å². The monoisotopic (exact) mass is 478 g/mol. The smallest absolute Gasteiger partial charge is 0.252 e. The molecule has 0 aromatic heterocycles. The maximum atomic E-state index is 13.1. The zero-order chi connectivity index (χ0) is 23.5. The van der Waals surface area contributed by atoms with Crippen molar-refractivity contribution < 1.29 is 21.6 Å². The molecule has 1 saturated heterocycles. The van der Waals surface area contributed by atoms with Crippen LogP contribution in [-0.2, 0) is 19.9 Å². The molecule has 1 fully saturated rings. The fourth-order valence-corrected chi connectivity index (χ4v) is 5.97. The minimum atomic E-state index is -3.66. The third kappa shape index (κ3) is 5.57. The summed E-state index contributed by atoms with van der Waals surface area (Å²) < 4.78 is 51.0. The highest BCUT2D eigenvalue weighted by Gasteiger charge is 2.26. The summed E-state index contributed by atoms with van der Waals surface area (Å²) in [6.45, 7) is 4.56. The molecule has 1 heterocycles. The maximum absolute atomic E-state index is 13.1. The second-order valence-corrected chi connectivity index (χ2v) is 12.3. The number of carbonyl (C=O) groups excluding carboxylic acids is 1. The van der Waals surface area contributed by atoms with Crippen molar-refractivity contribution in [3.8, 4) is 0 Å². The average Bonchev–Trinajstić information content (AvgIpc) is 3.03. The highest BCUT2D eigenvalue weighted by Crippen LogP contribution is 2.23. The Morgan fingerprint density at radius 2 is 1.47 bits per heavy atom. The Labute approximate surface area is 190 Å². The van der Waals surface area contributed by atoms with Crippen molar-refractivity contribution in [1.82, 2.24) is 9.62 Å². The van der Waals surface area contributed by atoms with Crippen LogP contribution in [0.25, 0.3) is 0 Å². The second kappa shape index (κ2) is 9.72. The molecule has 1 aliphatic heterocycles. The van der Waals surface area contributed by atoms with Crippen molar-refractivity contribution in [3.05, 3.63) is 59.2 Å². The molecule has 1 atom stereocenters. The van der Waals surface area contributed by atoms with Crippen molar-refractivity contribution in [3.63, 3.8) is 0 Å². The van der Waals surface area contributed by atoms with E-state index in [1.165, 1.54) is 22.5 Å². The van der Waals surface area contributed by atoms with Crippen LogP contribution in [0.2, 0.25) is 0 Å². The molecule has 0 bridgehead atoms. The molecule has 0 radical (unpaired) electrons. The number of amides is 1. The van der Waals surface area contributed by atoms with Crippen LogP contribution in [0.3, 0.4) is 0 Å². The first-order valence-electron chi connectivity index (χ1n) is 10.7. The number of nitrogens with zero attached hydrogens (tertiary/aromatic N) is 1. The van der Waals surface area contributed by atoms with Crippen molar-refractivity contribution in [1.29, 1.82) is 0 Å². The minimum absolute atomic E-state index is 0.125. The topological polar surface area (TPSA) is 101 Å². The van der Waals surface area contributed by atoms with Gasteiger partial charge in [0.15, 0.2) is 9.84 Å². The highest BCUT2D eigenvalue weighted by atomic mass is 32.2. The third-order valence-corrected chi connectivity index (χ3v) is 8.84. The number of carbonyl (C=O) groups is 1. The molecule has 1 N–H and O–H groups in total. The van der Waals surface area contributed by atoms with E-state index < -0.39 is 19.9 Å². The first kappa shape index (κ1) is 24.4. The summed E-state index contributed by atoms with van der Waals surface area (Å²) >= 11 is 0. The van der Waals surface area contributed by atoms with Gasteiger partial charge in [0.05, 0.1) is 15.8 Å². The SMILES string of the molecule is Cc1ccc(S(=O)(=O)N2CCCCCC2)cc1C(=O)N[C@H](C)c1ccc(S(C)(=O)=O)cc1. The number of nitrogens with one attached hydrogen (secondary N) is 1. The van der Waals surface area contributed by atoms with Gasteiger partial charge in [-0.1, -0.05) is 31.0 Å². The number of sulfone groups is 1. The zero-order valence-electron chi connectivity index (χ0n) is 18.7. The predicted octanol–water partition coefficient (Wildman–Crippen LogP) is 3.45. The Bertz CT molecular complexity index is 1180. The van der Waals surface area contributed by atoms with Crippen LogP contribution in [0.1, 0.15) is 60.1 Å². The molecular weight excluding hydrogens is 448 g/mol. The first-order chi connectivity index (χ1) is 15.0. The molecule has 0 spiro atoms. The summed E-state index contributed by atoms with van der Waals surface area (Å²) in [6.07, 6.45) is 4.87. The zero-order valence-corrected chi connectivity index (χ0v) is 20.3. The number of rotatable bonds is 6. The van der Waals surface area contributed by atoms with Crippen LogP contribution in [0.4, 0.5) is 0 Å². The summed E-state index contributed by atoms with van der Waals surface area (Å²) in [7, 11) is -6.96. The Morgan fingerprint density at radius 1 is 0.906 bits per heavy atom. The highest BCUT2D eigenvalue weighted by molar-refractivity contribution is 7.90. The minimum Gasteiger partial charge on any atom is -0.346 e. The average molecular weight is 479 g/mol. The van der Waals surface area contributed by atoms with Gasteiger partial charge < -0.3 is 5.32 Å². The van der Waals surface area contributed by atoms with Gasteiger partial charge in [-0.3, -0.25) is 4.79 Å². The number of benzene rings is 2. The van der Waals surface area contributed by atoms with Gasteiger partial charge in [0.2, 0.25) is 10.0 Å². The molecule has 174 valence electrons. The van der Waals surface area contributed by atoms with E-state index >= 15 is 0 Å². The summed E-state index contributed by atoms with van der Waals surface area (Å²) in [6, 6.07) is 10.6.